The number of ether oxygens (including phenoxy) is 1. The predicted molar refractivity (Wildman–Crippen MR) is 103 cm³/mol. The van der Waals surface area contributed by atoms with E-state index in [1.165, 1.54) is 10.6 Å². The monoisotopic (exact) mass is 373 g/mol. The average molecular weight is 373 g/mol. The van der Waals surface area contributed by atoms with E-state index < -0.39 is 0 Å². The number of aryl methyl sites for hydroxylation is 1. The molecule has 27 heavy (non-hydrogen) atoms. The number of aromatic amines is 1. The van der Waals surface area contributed by atoms with Gasteiger partial charge in [-0.15, -0.1) is 0 Å². The van der Waals surface area contributed by atoms with Crippen LogP contribution >= 0.6 is 0 Å². The first-order chi connectivity index (χ1) is 12.7. The molecule has 0 saturated heterocycles. The minimum atomic E-state index is -0.366. The lowest BCUT2D eigenvalue weighted by Crippen LogP contribution is -2.42. The Morgan fingerprint density at radius 1 is 1.33 bits per heavy atom. The molecule has 0 spiro atoms. The number of amides is 1. The summed E-state index contributed by atoms with van der Waals surface area (Å²) in [4.78, 5) is 23.4. The first-order valence-corrected chi connectivity index (χ1v) is 9.17. The van der Waals surface area contributed by atoms with Crippen molar-refractivity contribution in [1.82, 2.24) is 20.1 Å². The van der Waals surface area contributed by atoms with Crippen LogP contribution in [0, 0.1) is 0 Å². The maximum Gasteiger partial charge on any atom is 0.407 e. The average Bonchev–Trinajstić information content (AvgIpc) is 3.18. The largest absolute Gasteiger partial charge is 0.446 e. The number of nitrogens with one attached hydrogen (secondary N) is 3. The fourth-order valence-electron chi connectivity index (χ4n) is 3.24. The molecule has 0 radical (unpaired) electrons. The summed E-state index contributed by atoms with van der Waals surface area (Å²) in [5.41, 5.74) is 1.45. The number of nitrogens with zero attached hydrogens (tertiary/aromatic N) is 2. The van der Waals surface area contributed by atoms with E-state index in [-0.39, 0.29) is 29.2 Å². The topological polar surface area (TPSA) is 101 Å². The fraction of sp³-hybridized carbons (Fsp3) is 0.526. The molecule has 1 aliphatic rings. The Bertz CT molecular complexity index is 865. The van der Waals surface area contributed by atoms with Crippen molar-refractivity contribution in [2.75, 3.05) is 5.32 Å². The van der Waals surface area contributed by atoms with Gasteiger partial charge in [-0.1, -0.05) is 0 Å². The molecule has 2 aromatic heterocycles. The smallest absolute Gasteiger partial charge is 0.407 e. The van der Waals surface area contributed by atoms with E-state index in [4.69, 9.17) is 4.74 Å². The van der Waals surface area contributed by atoms with Crippen LogP contribution in [0.15, 0.2) is 29.2 Å². The van der Waals surface area contributed by atoms with Crippen LogP contribution in [-0.2, 0) is 11.8 Å². The lowest BCUT2D eigenvalue weighted by molar-refractivity contribution is 0.0937. The summed E-state index contributed by atoms with van der Waals surface area (Å²) in [6.45, 7) is 5.78. The number of hydrogen-bond donors (Lipinski definition) is 3. The van der Waals surface area contributed by atoms with Gasteiger partial charge >= 0.3 is 6.09 Å². The van der Waals surface area contributed by atoms with E-state index in [1.807, 2.05) is 26.8 Å². The molecule has 0 unspecified atom stereocenters. The number of anilines is 2. The van der Waals surface area contributed by atoms with Crippen molar-refractivity contribution in [3.05, 3.63) is 40.4 Å². The molecular formula is C19H27N5O3. The third kappa shape index (κ3) is 5.12. The summed E-state index contributed by atoms with van der Waals surface area (Å²) in [7, 11) is 1.71. The van der Waals surface area contributed by atoms with Crippen molar-refractivity contribution in [3.8, 4) is 0 Å². The lowest BCUT2D eigenvalue weighted by Gasteiger charge is -2.22. The summed E-state index contributed by atoms with van der Waals surface area (Å²) in [6.07, 6.45) is 3.83. The molecule has 146 valence electrons. The van der Waals surface area contributed by atoms with Crippen molar-refractivity contribution < 1.29 is 9.53 Å². The second-order valence-electron chi connectivity index (χ2n) is 8.11. The Hall–Kier alpha value is -2.77. The molecule has 8 nitrogen and oxygen atoms in total. The van der Waals surface area contributed by atoms with Crippen molar-refractivity contribution in [1.29, 1.82) is 0 Å². The molecule has 2 heterocycles. The number of carbonyl (C=O) groups excluding carboxylic acids is 1. The van der Waals surface area contributed by atoms with Gasteiger partial charge in [0.1, 0.15) is 6.10 Å². The standard InChI is InChI=1S/C19H27N5O3/c1-19(2,3)21-18(26)27-14-7-5-12(9-14)15-10-16(23-22-15)20-13-6-8-17(25)24(4)11-13/h6,8,10-12,14H,5,7,9H2,1-4H3,(H,21,26)(H2,20,22,23)/t12-,14+/m0/s1. The molecular weight excluding hydrogens is 346 g/mol. The van der Waals surface area contributed by atoms with Gasteiger partial charge in [0.15, 0.2) is 5.82 Å². The third-order valence-electron chi connectivity index (χ3n) is 4.53. The van der Waals surface area contributed by atoms with Crippen molar-refractivity contribution in [3.63, 3.8) is 0 Å². The van der Waals surface area contributed by atoms with Crippen LogP contribution < -0.4 is 16.2 Å². The first-order valence-electron chi connectivity index (χ1n) is 9.17. The molecule has 3 rings (SSSR count). The van der Waals surface area contributed by atoms with E-state index in [0.717, 1.165) is 30.6 Å². The van der Waals surface area contributed by atoms with Crippen molar-refractivity contribution >= 4 is 17.6 Å². The zero-order valence-electron chi connectivity index (χ0n) is 16.2. The van der Waals surface area contributed by atoms with Gasteiger partial charge in [0.2, 0.25) is 5.56 Å². The van der Waals surface area contributed by atoms with Crippen LogP contribution in [0.1, 0.15) is 51.6 Å². The second kappa shape index (κ2) is 7.46. The normalized spacial score (nSPS) is 19.7. The van der Waals surface area contributed by atoms with Crippen molar-refractivity contribution in [2.45, 2.75) is 57.6 Å². The Morgan fingerprint density at radius 3 is 2.81 bits per heavy atom. The van der Waals surface area contributed by atoms with Gasteiger partial charge in [0, 0.05) is 42.5 Å². The molecule has 2 atom stereocenters. The van der Waals surface area contributed by atoms with Crippen LogP contribution in [0.4, 0.5) is 16.3 Å². The van der Waals surface area contributed by atoms with Crippen LogP contribution in [0.3, 0.4) is 0 Å². The zero-order valence-corrected chi connectivity index (χ0v) is 16.2. The third-order valence-corrected chi connectivity index (χ3v) is 4.53. The molecule has 3 N–H and O–H groups in total. The molecule has 8 heteroatoms. The molecule has 2 aromatic rings. The number of carbonyl (C=O) groups is 1. The van der Waals surface area contributed by atoms with Crippen LogP contribution in [-0.4, -0.2) is 32.5 Å². The number of alkyl carbamates (subject to hydrolysis) is 1. The van der Waals surface area contributed by atoms with Crippen LogP contribution in [0.5, 0.6) is 0 Å². The Balaban J connectivity index is 1.56. The highest BCUT2D eigenvalue weighted by Crippen LogP contribution is 2.36. The molecule has 1 aliphatic carbocycles. The van der Waals surface area contributed by atoms with E-state index in [2.05, 4.69) is 20.8 Å². The SMILES string of the molecule is Cn1cc(Nc2cc([C@H]3CC[C@@H](OC(=O)NC(C)(C)C)C3)[nH]n2)ccc1=O. The summed E-state index contributed by atoms with van der Waals surface area (Å²) >= 11 is 0. The van der Waals surface area contributed by atoms with Gasteiger partial charge in [-0.25, -0.2) is 4.79 Å². The molecule has 1 saturated carbocycles. The van der Waals surface area contributed by atoms with E-state index >= 15 is 0 Å². The van der Waals surface area contributed by atoms with Gasteiger partial charge in [-0.3, -0.25) is 9.89 Å². The number of hydrogen-bond acceptors (Lipinski definition) is 5. The summed E-state index contributed by atoms with van der Waals surface area (Å²) in [5.74, 6) is 0.971. The van der Waals surface area contributed by atoms with Gasteiger partial charge in [-0.2, -0.15) is 5.10 Å². The minimum Gasteiger partial charge on any atom is -0.446 e. The highest BCUT2D eigenvalue weighted by atomic mass is 16.6. The molecule has 1 fully saturated rings. The first kappa shape index (κ1) is 19.0. The Labute approximate surface area is 158 Å². The van der Waals surface area contributed by atoms with Gasteiger partial charge in [0.05, 0.1) is 5.69 Å². The van der Waals surface area contributed by atoms with E-state index in [0.29, 0.717) is 5.82 Å². The maximum absolute atomic E-state index is 11.9. The highest BCUT2D eigenvalue weighted by Gasteiger charge is 2.30. The number of pyridine rings is 1. The Morgan fingerprint density at radius 2 is 2.11 bits per heavy atom. The number of aromatic nitrogens is 3. The lowest BCUT2D eigenvalue weighted by atomic mass is 10.0. The van der Waals surface area contributed by atoms with Gasteiger partial charge in [-0.05, 0) is 46.1 Å². The van der Waals surface area contributed by atoms with Crippen molar-refractivity contribution in [2.24, 2.45) is 7.05 Å². The molecule has 0 aromatic carbocycles. The summed E-state index contributed by atoms with van der Waals surface area (Å²) in [6, 6.07) is 5.20. The quantitative estimate of drug-likeness (QED) is 0.765. The summed E-state index contributed by atoms with van der Waals surface area (Å²) in [5, 5.41) is 13.4. The van der Waals surface area contributed by atoms with Crippen LogP contribution in [0.25, 0.3) is 0 Å². The minimum absolute atomic E-state index is 0.0595. The number of rotatable bonds is 4. The zero-order chi connectivity index (χ0) is 19.6. The molecule has 0 aliphatic heterocycles. The van der Waals surface area contributed by atoms with Gasteiger partial charge < -0.3 is 19.9 Å². The molecule has 1 amide bonds. The van der Waals surface area contributed by atoms with Crippen LogP contribution in [0.2, 0.25) is 0 Å². The highest BCUT2D eigenvalue weighted by molar-refractivity contribution is 5.68. The van der Waals surface area contributed by atoms with E-state index in [9.17, 15) is 9.59 Å². The van der Waals surface area contributed by atoms with Gasteiger partial charge in [0.25, 0.3) is 0 Å². The predicted octanol–water partition coefficient (Wildman–Crippen LogP) is 3.01. The maximum atomic E-state index is 11.9. The Kier molecular flexibility index (Phi) is 5.25. The summed E-state index contributed by atoms with van der Waals surface area (Å²) < 4.78 is 7.04. The van der Waals surface area contributed by atoms with E-state index in [1.54, 1.807) is 19.3 Å². The number of H-pyrrole nitrogens is 1. The molecule has 0 bridgehead atoms. The second-order valence-corrected chi connectivity index (χ2v) is 8.11. The fourth-order valence-corrected chi connectivity index (χ4v) is 3.24.